The van der Waals surface area contributed by atoms with Crippen molar-refractivity contribution in [1.29, 1.82) is 0 Å². The summed E-state index contributed by atoms with van der Waals surface area (Å²) < 4.78 is 60.0. The van der Waals surface area contributed by atoms with Gasteiger partial charge < -0.3 is 24.4 Å². The van der Waals surface area contributed by atoms with Gasteiger partial charge in [-0.25, -0.2) is 12.8 Å². The minimum Gasteiger partial charge on any atom is -0.494 e. The van der Waals surface area contributed by atoms with Crippen LogP contribution in [-0.2, 0) is 26.2 Å². The lowest BCUT2D eigenvalue weighted by molar-refractivity contribution is -0.139. The molecule has 1 atom stereocenters. The van der Waals surface area contributed by atoms with Crippen molar-refractivity contribution in [1.82, 2.24) is 10.2 Å². The Balaban J connectivity index is 2.08. The van der Waals surface area contributed by atoms with Crippen LogP contribution >= 0.6 is 0 Å². The summed E-state index contributed by atoms with van der Waals surface area (Å²) in [6.45, 7) is 7.06. The maximum Gasteiger partial charge on any atom is 0.264 e. The lowest BCUT2D eigenvalue weighted by Gasteiger charge is -2.32. The predicted molar refractivity (Wildman–Crippen MR) is 166 cm³/mol. The number of hydrogen-bond acceptors (Lipinski definition) is 7. The van der Waals surface area contributed by atoms with Gasteiger partial charge in [-0.05, 0) is 62.2 Å². The zero-order valence-electron chi connectivity index (χ0n) is 25.9. The van der Waals surface area contributed by atoms with Crippen LogP contribution in [-0.4, -0.2) is 65.1 Å². The zero-order chi connectivity index (χ0) is 32.4. The van der Waals surface area contributed by atoms with Crippen LogP contribution in [0.4, 0.5) is 10.1 Å². The van der Waals surface area contributed by atoms with Gasteiger partial charge in [-0.1, -0.05) is 32.0 Å². The summed E-state index contributed by atoms with van der Waals surface area (Å²) in [5.41, 5.74) is 0.360. The normalized spacial score (nSPS) is 11.9. The average Bonchev–Trinajstić information content (AvgIpc) is 3.01. The topological polar surface area (TPSA) is 114 Å². The van der Waals surface area contributed by atoms with E-state index in [0.29, 0.717) is 24.7 Å². The molecular formula is C32H40FN3O7S. The van der Waals surface area contributed by atoms with E-state index in [2.05, 4.69) is 5.32 Å². The van der Waals surface area contributed by atoms with E-state index in [9.17, 15) is 22.4 Å². The van der Waals surface area contributed by atoms with E-state index >= 15 is 0 Å². The van der Waals surface area contributed by atoms with Gasteiger partial charge >= 0.3 is 0 Å². The first-order chi connectivity index (χ1) is 20.9. The summed E-state index contributed by atoms with van der Waals surface area (Å²) in [5.74, 6) is -0.527. The van der Waals surface area contributed by atoms with Crippen LogP contribution in [0.5, 0.6) is 17.2 Å². The molecule has 1 N–H and O–H groups in total. The van der Waals surface area contributed by atoms with E-state index in [1.165, 1.54) is 74.6 Å². The van der Waals surface area contributed by atoms with Crippen LogP contribution in [0.1, 0.15) is 33.3 Å². The van der Waals surface area contributed by atoms with Crippen LogP contribution in [0.3, 0.4) is 0 Å². The lowest BCUT2D eigenvalue weighted by atomic mass is 10.1. The Morgan fingerprint density at radius 1 is 0.932 bits per heavy atom. The molecule has 44 heavy (non-hydrogen) atoms. The number of methoxy groups -OCH3 is 2. The van der Waals surface area contributed by atoms with Gasteiger partial charge in [-0.3, -0.25) is 13.9 Å². The summed E-state index contributed by atoms with van der Waals surface area (Å²) in [5, 5.41) is 2.80. The van der Waals surface area contributed by atoms with Crippen molar-refractivity contribution in [3.63, 3.8) is 0 Å². The van der Waals surface area contributed by atoms with Crippen molar-refractivity contribution in [2.45, 2.75) is 45.2 Å². The van der Waals surface area contributed by atoms with Gasteiger partial charge in [-0.15, -0.1) is 0 Å². The molecule has 0 aromatic heterocycles. The maximum absolute atomic E-state index is 14.7. The first-order valence-corrected chi connectivity index (χ1v) is 15.6. The SMILES string of the molecule is CCOc1ccc(N(CC(=O)N(Cc2ccccc2F)[C@@H](C)C(=O)NCC(C)C)S(=O)(=O)c2ccc(OC)c(OC)c2)cc1. The monoisotopic (exact) mass is 629 g/mol. The minimum absolute atomic E-state index is 0.153. The van der Waals surface area contributed by atoms with Crippen LogP contribution in [0, 0.1) is 11.7 Å². The van der Waals surface area contributed by atoms with Gasteiger partial charge in [0.25, 0.3) is 10.0 Å². The van der Waals surface area contributed by atoms with Gasteiger partial charge in [0, 0.05) is 24.7 Å². The Morgan fingerprint density at radius 3 is 2.18 bits per heavy atom. The van der Waals surface area contributed by atoms with E-state index in [4.69, 9.17) is 14.2 Å². The highest BCUT2D eigenvalue weighted by molar-refractivity contribution is 7.92. The molecule has 0 unspecified atom stereocenters. The van der Waals surface area contributed by atoms with Crippen molar-refractivity contribution in [3.05, 3.63) is 78.1 Å². The molecule has 3 aromatic carbocycles. The third-order valence-electron chi connectivity index (χ3n) is 6.81. The quantitative estimate of drug-likeness (QED) is 0.261. The lowest BCUT2D eigenvalue weighted by Crippen LogP contribution is -2.51. The second kappa shape index (κ2) is 15.4. The number of amides is 2. The molecule has 0 aliphatic carbocycles. The molecule has 3 rings (SSSR count). The molecule has 3 aromatic rings. The maximum atomic E-state index is 14.7. The molecule has 0 aliphatic heterocycles. The second-order valence-corrected chi connectivity index (χ2v) is 12.2. The van der Waals surface area contributed by atoms with Gasteiger partial charge in [-0.2, -0.15) is 0 Å². The Bertz CT molecular complexity index is 1530. The molecular weight excluding hydrogens is 589 g/mol. The molecule has 0 fully saturated rings. The van der Waals surface area contributed by atoms with E-state index in [1.807, 2.05) is 20.8 Å². The highest BCUT2D eigenvalue weighted by Gasteiger charge is 2.33. The molecule has 2 amide bonds. The summed E-state index contributed by atoms with van der Waals surface area (Å²) >= 11 is 0. The van der Waals surface area contributed by atoms with Gasteiger partial charge in [0.05, 0.1) is 31.4 Å². The molecule has 10 nitrogen and oxygen atoms in total. The van der Waals surface area contributed by atoms with E-state index in [-0.39, 0.29) is 34.4 Å². The number of benzene rings is 3. The molecule has 0 heterocycles. The Morgan fingerprint density at radius 2 is 1.59 bits per heavy atom. The van der Waals surface area contributed by atoms with Gasteiger partial charge in [0.1, 0.15) is 24.2 Å². The number of carbonyl (C=O) groups is 2. The van der Waals surface area contributed by atoms with Crippen molar-refractivity contribution in [2.24, 2.45) is 5.92 Å². The van der Waals surface area contributed by atoms with Crippen LogP contribution < -0.4 is 23.8 Å². The smallest absolute Gasteiger partial charge is 0.264 e. The van der Waals surface area contributed by atoms with Crippen molar-refractivity contribution in [2.75, 3.05) is 38.2 Å². The molecule has 12 heteroatoms. The highest BCUT2D eigenvalue weighted by atomic mass is 32.2. The first-order valence-electron chi connectivity index (χ1n) is 14.2. The molecule has 0 saturated carbocycles. The largest absolute Gasteiger partial charge is 0.494 e. The highest BCUT2D eigenvalue weighted by Crippen LogP contribution is 2.33. The number of hydrogen-bond donors (Lipinski definition) is 1. The van der Waals surface area contributed by atoms with Crippen LogP contribution in [0.25, 0.3) is 0 Å². The third-order valence-corrected chi connectivity index (χ3v) is 8.58. The number of nitrogens with zero attached hydrogens (tertiary/aromatic N) is 2. The summed E-state index contributed by atoms with van der Waals surface area (Å²) in [7, 11) is -1.57. The van der Waals surface area contributed by atoms with Crippen LogP contribution in [0.15, 0.2) is 71.6 Å². The molecule has 0 bridgehead atoms. The number of halogens is 1. The zero-order valence-corrected chi connectivity index (χ0v) is 26.7. The van der Waals surface area contributed by atoms with E-state index in [0.717, 1.165) is 4.31 Å². The fourth-order valence-electron chi connectivity index (χ4n) is 4.35. The average molecular weight is 630 g/mol. The molecule has 0 spiro atoms. The Hall–Kier alpha value is -4.32. The van der Waals surface area contributed by atoms with Crippen molar-refractivity contribution < 1.29 is 36.6 Å². The number of nitrogens with one attached hydrogen (secondary N) is 1. The molecule has 238 valence electrons. The number of anilines is 1. The van der Waals surface area contributed by atoms with Crippen molar-refractivity contribution in [3.8, 4) is 17.2 Å². The van der Waals surface area contributed by atoms with Gasteiger partial charge in [0.15, 0.2) is 11.5 Å². The van der Waals surface area contributed by atoms with Crippen LogP contribution in [0.2, 0.25) is 0 Å². The minimum atomic E-state index is -4.38. The standard InChI is InChI=1S/C32H40FN3O7S/c1-7-43-26-14-12-25(13-15-26)36(44(39,40)27-16-17-29(41-5)30(18-27)42-6)21-31(37)35(20-24-10-8-9-11-28(24)33)23(4)32(38)34-19-22(2)3/h8-18,22-23H,7,19-21H2,1-6H3,(H,34,38)/t23-/m0/s1. The fraction of sp³-hybridized carbons (Fsp3) is 0.375. The van der Waals surface area contributed by atoms with E-state index < -0.39 is 40.2 Å². The third kappa shape index (κ3) is 8.40. The van der Waals surface area contributed by atoms with Crippen molar-refractivity contribution >= 4 is 27.5 Å². The summed E-state index contributed by atoms with van der Waals surface area (Å²) in [6.07, 6.45) is 0. The number of ether oxygens (including phenoxy) is 3. The molecule has 0 aliphatic rings. The Kier molecular flexibility index (Phi) is 12.0. The van der Waals surface area contributed by atoms with Gasteiger partial charge in [0.2, 0.25) is 11.8 Å². The summed E-state index contributed by atoms with van der Waals surface area (Å²) in [4.78, 5) is 28.2. The number of rotatable bonds is 15. The predicted octanol–water partition coefficient (Wildman–Crippen LogP) is 4.63. The molecule has 0 saturated heterocycles. The number of carbonyl (C=O) groups excluding carboxylic acids is 2. The Labute approximate surface area is 258 Å². The summed E-state index contributed by atoms with van der Waals surface area (Å²) in [6, 6.07) is 15.2. The molecule has 0 radical (unpaired) electrons. The fourth-order valence-corrected chi connectivity index (χ4v) is 5.78. The first kappa shape index (κ1) is 34.2. The number of sulfonamides is 1. The second-order valence-electron chi connectivity index (χ2n) is 10.4. The van der Waals surface area contributed by atoms with E-state index in [1.54, 1.807) is 18.2 Å².